The SMILES string of the molecule is Cc1csc(CCNCCC(C)(C)C)n1. The molecule has 0 radical (unpaired) electrons. The molecule has 0 aromatic carbocycles. The van der Waals surface area contributed by atoms with Crippen LogP contribution in [0.4, 0.5) is 0 Å². The summed E-state index contributed by atoms with van der Waals surface area (Å²) < 4.78 is 0. The normalized spacial score (nSPS) is 12.0. The first kappa shape index (κ1) is 12.7. The van der Waals surface area contributed by atoms with Crippen LogP contribution < -0.4 is 5.32 Å². The van der Waals surface area contributed by atoms with Gasteiger partial charge in [-0.3, -0.25) is 0 Å². The maximum atomic E-state index is 4.44. The van der Waals surface area contributed by atoms with Gasteiger partial charge in [0, 0.05) is 24.0 Å². The minimum absolute atomic E-state index is 0.435. The molecule has 15 heavy (non-hydrogen) atoms. The lowest BCUT2D eigenvalue weighted by Gasteiger charge is -2.17. The first-order chi connectivity index (χ1) is 6.97. The van der Waals surface area contributed by atoms with Crippen LogP contribution in [-0.2, 0) is 6.42 Å². The van der Waals surface area contributed by atoms with E-state index in [2.05, 4.69) is 36.5 Å². The fourth-order valence-electron chi connectivity index (χ4n) is 1.30. The Bertz CT molecular complexity index is 286. The second-order valence-corrected chi connectivity index (χ2v) is 6.14. The van der Waals surface area contributed by atoms with E-state index in [1.54, 1.807) is 11.3 Å². The smallest absolute Gasteiger partial charge is 0.0940 e. The highest BCUT2D eigenvalue weighted by Crippen LogP contribution is 2.16. The van der Waals surface area contributed by atoms with Crippen molar-refractivity contribution in [2.45, 2.75) is 40.5 Å². The third-order valence-corrected chi connectivity index (χ3v) is 3.26. The molecule has 1 aromatic rings. The van der Waals surface area contributed by atoms with Gasteiger partial charge in [-0.15, -0.1) is 11.3 Å². The Kier molecular flexibility index (Phi) is 4.74. The van der Waals surface area contributed by atoms with Gasteiger partial charge in [-0.05, 0) is 25.3 Å². The number of nitrogens with zero attached hydrogens (tertiary/aromatic N) is 1. The lowest BCUT2D eigenvalue weighted by molar-refractivity contribution is 0.367. The van der Waals surface area contributed by atoms with Crippen LogP contribution in [0.2, 0.25) is 0 Å². The molecule has 1 rings (SSSR count). The molecule has 0 atom stereocenters. The molecule has 2 nitrogen and oxygen atoms in total. The number of hydrogen-bond acceptors (Lipinski definition) is 3. The van der Waals surface area contributed by atoms with Crippen molar-refractivity contribution in [3.8, 4) is 0 Å². The van der Waals surface area contributed by atoms with Crippen LogP contribution in [0.15, 0.2) is 5.38 Å². The molecule has 86 valence electrons. The van der Waals surface area contributed by atoms with E-state index in [1.807, 2.05) is 6.92 Å². The zero-order valence-corrected chi connectivity index (χ0v) is 11.1. The molecule has 0 saturated carbocycles. The zero-order valence-electron chi connectivity index (χ0n) is 10.3. The largest absolute Gasteiger partial charge is 0.316 e. The minimum atomic E-state index is 0.435. The van der Waals surface area contributed by atoms with E-state index in [4.69, 9.17) is 0 Å². The lowest BCUT2D eigenvalue weighted by Crippen LogP contribution is -2.22. The van der Waals surface area contributed by atoms with Crippen LogP contribution in [0, 0.1) is 12.3 Å². The van der Waals surface area contributed by atoms with Gasteiger partial charge in [-0.2, -0.15) is 0 Å². The van der Waals surface area contributed by atoms with Gasteiger partial charge in [0.1, 0.15) is 0 Å². The highest BCUT2D eigenvalue weighted by molar-refractivity contribution is 7.09. The highest BCUT2D eigenvalue weighted by Gasteiger charge is 2.08. The molecule has 0 aliphatic carbocycles. The number of aryl methyl sites for hydroxylation is 1. The van der Waals surface area contributed by atoms with Crippen LogP contribution >= 0.6 is 11.3 Å². The van der Waals surface area contributed by atoms with E-state index in [0.29, 0.717) is 5.41 Å². The molecule has 0 saturated heterocycles. The molecule has 0 spiro atoms. The third kappa shape index (κ3) is 5.90. The second kappa shape index (κ2) is 5.61. The predicted octanol–water partition coefficient (Wildman–Crippen LogP) is 3.02. The van der Waals surface area contributed by atoms with Crippen molar-refractivity contribution in [2.75, 3.05) is 13.1 Å². The van der Waals surface area contributed by atoms with Gasteiger partial charge >= 0.3 is 0 Å². The van der Waals surface area contributed by atoms with E-state index < -0.39 is 0 Å². The van der Waals surface area contributed by atoms with Gasteiger partial charge in [0.25, 0.3) is 0 Å². The lowest BCUT2D eigenvalue weighted by atomic mass is 9.92. The van der Waals surface area contributed by atoms with Gasteiger partial charge in [0.15, 0.2) is 0 Å². The molecule has 0 aliphatic rings. The molecule has 1 N–H and O–H groups in total. The van der Waals surface area contributed by atoms with Crippen LogP contribution in [0.5, 0.6) is 0 Å². The van der Waals surface area contributed by atoms with Gasteiger partial charge < -0.3 is 5.32 Å². The van der Waals surface area contributed by atoms with Crippen molar-refractivity contribution in [1.82, 2.24) is 10.3 Å². The number of rotatable bonds is 5. The fourth-order valence-corrected chi connectivity index (χ4v) is 2.08. The van der Waals surface area contributed by atoms with Gasteiger partial charge in [0.05, 0.1) is 5.01 Å². The summed E-state index contributed by atoms with van der Waals surface area (Å²) in [6.45, 7) is 11.0. The molecule has 3 heteroatoms. The summed E-state index contributed by atoms with van der Waals surface area (Å²) in [6.07, 6.45) is 2.28. The van der Waals surface area contributed by atoms with E-state index >= 15 is 0 Å². The first-order valence-electron chi connectivity index (χ1n) is 5.59. The van der Waals surface area contributed by atoms with E-state index in [-0.39, 0.29) is 0 Å². The second-order valence-electron chi connectivity index (χ2n) is 5.19. The maximum absolute atomic E-state index is 4.44. The Balaban J connectivity index is 2.07. The minimum Gasteiger partial charge on any atom is -0.316 e. The zero-order chi connectivity index (χ0) is 11.3. The third-order valence-electron chi connectivity index (χ3n) is 2.23. The monoisotopic (exact) mass is 226 g/mol. The molecule has 1 heterocycles. The van der Waals surface area contributed by atoms with Crippen LogP contribution in [0.25, 0.3) is 0 Å². The van der Waals surface area contributed by atoms with Gasteiger partial charge in [0.2, 0.25) is 0 Å². The summed E-state index contributed by atoms with van der Waals surface area (Å²) >= 11 is 1.76. The Morgan fingerprint density at radius 1 is 1.33 bits per heavy atom. The van der Waals surface area contributed by atoms with Crippen molar-refractivity contribution in [2.24, 2.45) is 5.41 Å². The molecule has 1 aromatic heterocycles. The van der Waals surface area contributed by atoms with Gasteiger partial charge in [-0.25, -0.2) is 4.98 Å². The number of aromatic nitrogens is 1. The van der Waals surface area contributed by atoms with Crippen LogP contribution in [0.1, 0.15) is 37.9 Å². The average Bonchev–Trinajstić information content (AvgIpc) is 2.49. The molecule has 0 fully saturated rings. The highest BCUT2D eigenvalue weighted by atomic mass is 32.1. The molecule has 0 aliphatic heterocycles. The van der Waals surface area contributed by atoms with Gasteiger partial charge in [-0.1, -0.05) is 20.8 Å². The molecule has 0 unspecified atom stereocenters. The summed E-state index contributed by atoms with van der Waals surface area (Å²) in [4.78, 5) is 4.44. The molecule has 0 bridgehead atoms. The van der Waals surface area contributed by atoms with E-state index in [9.17, 15) is 0 Å². The topological polar surface area (TPSA) is 24.9 Å². The molecule has 0 amide bonds. The quantitative estimate of drug-likeness (QED) is 0.781. The summed E-state index contributed by atoms with van der Waals surface area (Å²) in [5.74, 6) is 0. The van der Waals surface area contributed by atoms with E-state index in [0.717, 1.165) is 25.2 Å². The number of nitrogens with one attached hydrogen (secondary N) is 1. The van der Waals surface area contributed by atoms with E-state index in [1.165, 1.54) is 11.4 Å². The summed E-state index contributed by atoms with van der Waals surface area (Å²) in [7, 11) is 0. The number of thiazole rings is 1. The Labute approximate surface area is 97.1 Å². The predicted molar refractivity (Wildman–Crippen MR) is 67.5 cm³/mol. The summed E-state index contributed by atoms with van der Waals surface area (Å²) in [5.41, 5.74) is 1.58. The standard InChI is InChI=1S/C12H22N2S/c1-10-9-15-11(14-10)5-7-13-8-6-12(2,3)4/h9,13H,5-8H2,1-4H3. The average molecular weight is 226 g/mol. The molecular weight excluding hydrogens is 204 g/mol. The van der Waals surface area contributed by atoms with Crippen molar-refractivity contribution in [1.29, 1.82) is 0 Å². The Morgan fingerprint density at radius 2 is 2.07 bits per heavy atom. The Morgan fingerprint density at radius 3 is 2.60 bits per heavy atom. The van der Waals surface area contributed by atoms with Crippen LogP contribution in [-0.4, -0.2) is 18.1 Å². The van der Waals surface area contributed by atoms with Crippen LogP contribution in [0.3, 0.4) is 0 Å². The fraction of sp³-hybridized carbons (Fsp3) is 0.750. The van der Waals surface area contributed by atoms with Crippen molar-refractivity contribution < 1.29 is 0 Å². The Hall–Kier alpha value is -0.410. The first-order valence-corrected chi connectivity index (χ1v) is 6.47. The summed E-state index contributed by atoms with van der Waals surface area (Å²) in [5, 5.41) is 6.83. The maximum Gasteiger partial charge on any atom is 0.0940 e. The number of hydrogen-bond donors (Lipinski definition) is 1. The molecular formula is C12H22N2S. The van der Waals surface area contributed by atoms with Crippen molar-refractivity contribution in [3.05, 3.63) is 16.1 Å². The summed E-state index contributed by atoms with van der Waals surface area (Å²) in [6, 6.07) is 0. The van der Waals surface area contributed by atoms with Crippen molar-refractivity contribution in [3.63, 3.8) is 0 Å². The van der Waals surface area contributed by atoms with Crippen molar-refractivity contribution >= 4 is 11.3 Å².